The lowest BCUT2D eigenvalue weighted by Crippen LogP contribution is -2.30. The van der Waals surface area contributed by atoms with Crippen molar-refractivity contribution in [2.24, 2.45) is 5.92 Å². The molecule has 1 aromatic heterocycles. The topological polar surface area (TPSA) is 70.7 Å². The van der Waals surface area contributed by atoms with Crippen LogP contribution < -0.4 is 5.32 Å². The summed E-state index contributed by atoms with van der Waals surface area (Å²) >= 11 is 12.3. The van der Waals surface area contributed by atoms with Crippen molar-refractivity contribution >= 4 is 29.1 Å². The number of aromatic nitrogens is 3. The Hall–Kier alpha value is -1.59. The van der Waals surface area contributed by atoms with Gasteiger partial charge in [-0.05, 0) is 23.6 Å². The number of nitrogens with zero attached hydrogens (tertiary/aromatic N) is 2. The molecule has 7 heteroatoms. The van der Waals surface area contributed by atoms with E-state index in [-0.39, 0.29) is 17.9 Å². The highest BCUT2D eigenvalue weighted by Gasteiger charge is 2.21. The van der Waals surface area contributed by atoms with Gasteiger partial charge in [0.15, 0.2) is 5.82 Å². The molecule has 0 aliphatic carbocycles. The second-order valence-corrected chi connectivity index (χ2v) is 6.25. The quantitative estimate of drug-likeness (QED) is 0.874. The molecule has 1 heterocycles. The maximum absolute atomic E-state index is 11.3. The molecule has 2 aromatic rings. The molecule has 1 atom stereocenters. The van der Waals surface area contributed by atoms with Crippen LogP contribution in [0, 0.1) is 5.92 Å². The number of halogens is 2. The molecule has 0 spiro atoms. The summed E-state index contributed by atoms with van der Waals surface area (Å²) in [6.07, 6.45) is 0.455. The average Bonchev–Trinajstić information content (AvgIpc) is 2.88. The van der Waals surface area contributed by atoms with Gasteiger partial charge < -0.3 is 5.32 Å². The maximum atomic E-state index is 11.3. The van der Waals surface area contributed by atoms with Crippen LogP contribution in [0.25, 0.3) is 0 Å². The van der Waals surface area contributed by atoms with Gasteiger partial charge in [-0.25, -0.2) is 4.98 Å². The van der Waals surface area contributed by atoms with Crippen LogP contribution in [-0.4, -0.2) is 21.1 Å². The molecule has 22 heavy (non-hydrogen) atoms. The Balaban J connectivity index is 2.22. The second-order valence-electron chi connectivity index (χ2n) is 5.44. The summed E-state index contributed by atoms with van der Waals surface area (Å²) in [7, 11) is 0. The van der Waals surface area contributed by atoms with E-state index in [1.54, 1.807) is 18.2 Å². The van der Waals surface area contributed by atoms with Crippen molar-refractivity contribution < 1.29 is 4.79 Å². The van der Waals surface area contributed by atoms with E-state index >= 15 is 0 Å². The third-order valence-electron chi connectivity index (χ3n) is 3.26. The van der Waals surface area contributed by atoms with Crippen molar-refractivity contribution in [3.8, 4) is 0 Å². The van der Waals surface area contributed by atoms with E-state index in [1.807, 2.05) is 13.8 Å². The van der Waals surface area contributed by atoms with Crippen LogP contribution >= 0.6 is 23.2 Å². The van der Waals surface area contributed by atoms with Crippen LogP contribution in [0.2, 0.25) is 10.0 Å². The van der Waals surface area contributed by atoms with Gasteiger partial charge in [0.25, 0.3) is 0 Å². The fourth-order valence-electron chi connectivity index (χ4n) is 2.15. The molecule has 1 amide bonds. The monoisotopic (exact) mass is 340 g/mol. The van der Waals surface area contributed by atoms with Gasteiger partial charge in [0.1, 0.15) is 5.82 Å². The van der Waals surface area contributed by atoms with E-state index in [9.17, 15) is 4.79 Å². The Labute approximate surface area is 139 Å². The van der Waals surface area contributed by atoms with E-state index in [2.05, 4.69) is 20.5 Å². The Morgan fingerprint density at radius 3 is 2.50 bits per heavy atom. The Morgan fingerprint density at radius 1 is 1.32 bits per heavy atom. The first-order valence-electron chi connectivity index (χ1n) is 6.99. The van der Waals surface area contributed by atoms with Gasteiger partial charge in [0.2, 0.25) is 5.91 Å². The third-order valence-corrected chi connectivity index (χ3v) is 3.97. The molecule has 0 aliphatic rings. The minimum atomic E-state index is -0.232. The van der Waals surface area contributed by atoms with Crippen LogP contribution in [0.1, 0.15) is 44.0 Å². The molecule has 2 N–H and O–H groups in total. The fraction of sp³-hybridized carbons (Fsp3) is 0.400. The number of carbonyl (C=O) groups excluding carboxylic acids is 1. The first-order chi connectivity index (χ1) is 10.4. The number of H-pyrrole nitrogens is 1. The smallest absolute Gasteiger partial charge is 0.217 e. The highest BCUT2D eigenvalue weighted by molar-refractivity contribution is 6.36. The van der Waals surface area contributed by atoms with Crippen molar-refractivity contribution in [3.05, 3.63) is 45.5 Å². The predicted octanol–water partition coefficient (Wildman–Crippen LogP) is 3.54. The van der Waals surface area contributed by atoms with Crippen molar-refractivity contribution in [1.29, 1.82) is 0 Å². The zero-order chi connectivity index (χ0) is 16.3. The molecule has 0 bridgehead atoms. The van der Waals surface area contributed by atoms with Crippen LogP contribution in [0.4, 0.5) is 0 Å². The highest BCUT2D eigenvalue weighted by Crippen LogP contribution is 2.26. The van der Waals surface area contributed by atoms with Crippen LogP contribution in [-0.2, 0) is 11.2 Å². The van der Waals surface area contributed by atoms with Crippen LogP contribution in [0.5, 0.6) is 0 Å². The molecule has 5 nitrogen and oxygen atoms in total. The molecule has 0 fully saturated rings. The zero-order valence-corrected chi connectivity index (χ0v) is 14.2. The number of rotatable bonds is 5. The normalized spacial score (nSPS) is 12.5. The molecule has 1 aromatic carbocycles. The van der Waals surface area contributed by atoms with Gasteiger partial charge in [-0.2, -0.15) is 5.10 Å². The Kier molecular flexibility index (Phi) is 5.42. The molecule has 0 saturated heterocycles. The number of nitrogens with one attached hydrogen (secondary N) is 2. The van der Waals surface area contributed by atoms with Crippen LogP contribution in [0.3, 0.4) is 0 Å². The second kappa shape index (κ2) is 7.11. The van der Waals surface area contributed by atoms with E-state index in [0.29, 0.717) is 28.1 Å². The van der Waals surface area contributed by atoms with Gasteiger partial charge in [0.05, 0.1) is 6.04 Å². The summed E-state index contributed by atoms with van der Waals surface area (Å²) in [4.78, 5) is 15.8. The Bertz CT molecular complexity index is 649. The first kappa shape index (κ1) is 16.8. The molecule has 0 aliphatic heterocycles. The summed E-state index contributed by atoms with van der Waals surface area (Å²) in [5.41, 5.74) is 0.800. The number of benzene rings is 1. The lowest BCUT2D eigenvalue weighted by atomic mass is 10.0. The van der Waals surface area contributed by atoms with E-state index in [1.165, 1.54) is 6.92 Å². The average molecular weight is 341 g/mol. The summed E-state index contributed by atoms with van der Waals surface area (Å²) < 4.78 is 0. The summed E-state index contributed by atoms with van der Waals surface area (Å²) in [5, 5.41) is 11.1. The van der Waals surface area contributed by atoms with Crippen molar-refractivity contribution in [2.45, 2.75) is 33.2 Å². The summed E-state index contributed by atoms with van der Waals surface area (Å²) in [6.45, 7) is 5.48. The number of amides is 1. The van der Waals surface area contributed by atoms with Gasteiger partial charge in [-0.3, -0.25) is 9.89 Å². The molecule has 118 valence electrons. The van der Waals surface area contributed by atoms with E-state index < -0.39 is 0 Å². The molecular formula is C15H18Cl2N4O. The van der Waals surface area contributed by atoms with Gasteiger partial charge in [0, 0.05) is 23.4 Å². The lowest BCUT2D eigenvalue weighted by Gasteiger charge is -2.18. The molecular weight excluding hydrogens is 323 g/mol. The summed E-state index contributed by atoms with van der Waals surface area (Å²) in [6, 6.07) is 5.14. The summed E-state index contributed by atoms with van der Waals surface area (Å²) in [5.74, 6) is 1.28. The number of aromatic amines is 1. The standard InChI is InChI=1S/C15H18Cl2N4O/c1-8(2)14(18-9(3)22)15-19-13(20-21-15)7-10-11(16)5-4-6-12(10)17/h4-6,8,14H,7H2,1-3H3,(H,18,22)(H,19,20,21)/t14-/m1/s1. The zero-order valence-electron chi connectivity index (χ0n) is 12.7. The van der Waals surface area contributed by atoms with Gasteiger partial charge >= 0.3 is 0 Å². The number of carbonyl (C=O) groups is 1. The Morgan fingerprint density at radius 2 is 1.95 bits per heavy atom. The van der Waals surface area contributed by atoms with E-state index in [0.717, 1.165) is 5.56 Å². The first-order valence-corrected chi connectivity index (χ1v) is 7.75. The molecule has 2 rings (SSSR count). The minimum Gasteiger partial charge on any atom is -0.346 e. The van der Waals surface area contributed by atoms with Crippen LogP contribution in [0.15, 0.2) is 18.2 Å². The number of hydrogen-bond donors (Lipinski definition) is 2. The van der Waals surface area contributed by atoms with E-state index in [4.69, 9.17) is 23.2 Å². The van der Waals surface area contributed by atoms with Crippen molar-refractivity contribution in [2.75, 3.05) is 0 Å². The fourth-order valence-corrected chi connectivity index (χ4v) is 2.68. The van der Waals surface area contributed by atoms with Gasteiger partial charge in [-0.15, -0.1) is 0 Å². The van der Waals surface area contributed by atoms with Crippen molar-refractivity contribution in [1.82, 2.24) is 20.5 Å². The molecule has 0 radical (unpaired) electrons. The number of hydrogen-bond acceptors (Lipinski definition) is 3. The SMILES string of the molecule is CC(=O)N[C@@H](c1n[nH]c(Cc2c(Cl)cccc2Cl)n1)C(C)C. The minimum absolute atomic E-state index is 0.112. The highest BCUT2D eigenvalue weighted by atomic mass is 35.5. The largest absolute Gasteiger partial charge is 0.346 e. The molecule has 0 unspecified atom stereocenters. The maximum Gasteiger partial charge on any atom is 0.217 e. The predicted molar refractivity (Wildman–Crippen MR) is 87.0 cm³/mol. The van der Waals surface area contributed by atoms with Crippen molar-refractivity contribution in [3.63, 3.8) is 0 Å². The van der Waals surface area contributed by atoms with Gasteiger partial charge in [-0.1, -0.05) is 43.1 Å². The molecule has 0 saturated carbocycles. The third kappa shape index (κ3) is 3.99. The lowest BCUT2D eigenvalue weighted by molar-refractivity contribution is -0.120.